The molecule has 0 saturated heterocycles. The lowest BCUT2D eigenvalue weighted by molar-refractivity contribution is 0.184. The third-order valence-corrected chi connectivity index (χ3v) is 3.88. The number of nitrogen functional groups attached to an aromatic ring is 1. The summed E-state index contributed by atoms with van der Waals surface area (Å²) >= 11 is 0. The van der Waals surface area contributed by atoms with E-state index in [1.54, 1.807) is 19.5 Å². The molecule has 0 spiro atoms. The van der Waals surface area contributed by atoms with E-state index in [0.717, 1.165) is 11.3 Å². The van der Waals surface area contributed by atoms with Gasteiger partial charge in [-0.3, -0.25) is 0 Å². The summed E-state index contributed by atoms with van der Waals surface area (Å²) in [4.78, 5) is 7.62. The third kappa shape index (κ3) is 8.40. The van der Waals surface area contributed by atoms with Crippen LogP contribution in [0, 0.1) is 27.7 Å². The highest BCUT2D eigenvalue weighted by Crippen LogP contribution is 2.09. The van der Waals surface area contributed by atoms with Crippen molar-refractivity contribution in [3.05, 3.63) is 89.0 Å². The van der Waals surface area contributed by atoms with Crippen LogP contribution < -0.4 is 5.73 Å². The highest BCUT2D eigenvalue weighted by Gasteiger charge is 1.89. The number of aromatic nitrogens is 2. The lowest BCUT2D eigenvalue weighted by Gasteiger charge is -1.98. The molecule has 0 amide bonds. The Hall–Kier alpha value is -2.72. The molecule has 0 fully saturated rings. The number of anilines is 1. The summed E-state index contributed by atoms with van der Waals surface area (Å²) in [6.07, 6.45) is 4.96. The van der Waals surface area contributed by atoms with Crippen LogP contribution in [0.4, 0.5) is 5.69 Å². The van der Waals surface area contributed by atoms with Crippen molar-refractivity contribution in [1.29, 1.82) is 0 Å². The molecule has 4 heteroatoms. The predicted octanol–water partition coefficient (Wildman–Crippen LogP) is 4.81. The summed E-state index contributed by atoms with van der Waals surface area (Å²) in [5.74, 6) is 0. The van der Waals surface area contributed by atoms with Crippen molar-refractivity contribution in [2.24, 2.45) is 0 Å². The van der Waals surface area contributed by atoms with Crippen LogP contribution in [0.25, 0.3) is 0 Å². The molecule has 1 aromatic heterocycles. The molecule has 3 aromatic rings. The molecule has 26 heavy (non-hydrogen) atoms. The van der Waals surface area contributed by atoms with Gasteiger partial charge in [-0.25, -0.2) is 9.97 Å². The molecule has 0 radical (unpaired) electrons. The molecule has 0 aliphatic heterocycles. The number of methoxy groups -OCH3 is 1. The molecule has 3 rings (SSSR count). The Morgan fingerprint density at radius 3 is 1.77 bits per heavy atom. The molecule has 0 atom stereocenters. The molecule has 2 N–H and O–H groups in total. The van der Waals surface area contributed by atoms with E-state index in [1.807, 2.05) is 18.2 Å². The Kier molecular flexibility index (Phi) is 9.65. The standard InChI is InChI=1S/C8H11N.C8H10.C6H8N2O/c1-6-3-4-8(9)5-7(6)2;1-7-5-3-4-6-8(7)2;1-9-4-6-2-7-5-8-3-6/h3-5H,9H2,1-2H3;3-6H,1-2H3;2-3,5H,4H2,1H3. The zero-order chi connectivity index (χ0) is 19.4. The van der Waals surface area contributed by atoms with Gasteiger partial charge < -0.3 is 10.5 Å². The number of benzene rings is 2. The molecule has 0 aliphatic carbocycles. The SMILES string of the molecule is COCc1cncnc1.Cc1ccc(N)cc1C.Cc1ccccc1C. The fourth-order valence-electron chi connectivity index (χ4n) is 2.00. The van der Waals surface area contributed by atoms with Gasteiger partial charge in [0.05, 0.1) is 6.61 Å². The van der Waals surface area contributed by atoms with Gasteiger partial charge >= 0.3 is 0 Å². The van der Waals surface area contributed by atoms with E-state index in [0.29, 0.717) is 6.61 Å². The summed E-state index contributed by atoms with van der Waals surface area (Å²) in [5.41, 5.74) is 12.7. The van der Waals surface area contributed by atoms with Gasteiger partial charge in [-0.2, -0.15) is 0 Å². The van der Waals surface area contributed by atoms with Crippen LogP contribution in [0.2, 0.25) is 0 Å². The Bertz CT molecular complexity index is 752. The first-order valence-electron chi connectivity index (χ1n) is 8.51. The van der Waals surface area contributed by atoms with Crippen LogP contribution in [-0.4, -0.2) is 17.1 Å². The van der Waals surface area contributed by atoms with Crippen LogP contribution in [0.15, 0.2) is 61.2 Å². The van der Waals surface area contributed by atoms with Gasteiger partial charge in [0, 0.05) is 30.8 Å². The Morgan fingerprint density at radius 2 is 1.35 bits per heavy atom. The first-order chi connectivity index (χ1) is 12.4. The smallest absolute Gasteiger partial charge is 0.115 e. The highest BCUT2D eigenvalue weighted by atomic mass is 16.5. The first kappa shape index (κ1) is 21.3. The van der Waals surface area contributed by atoms with Gasteiger partial charge in [0.25, 0.3) is 0 Å². The van der Waals surface area contributed by atoms with Crippen LogP contribution in [0.5, 0.6) is 0 Å². The maximum absolute atomic E-state index is 5.53. The molecular weight excluding hydrogens is 322 g/mol. The number of hydrogen-bond acceptors (Lipinski definition) is 4. The second-order valence-electron chi connectivity index (χ2n) is 6.11. The number of nitrogens with two attached hydrogens (primary N) is 1. The van der Waals surface area contributed by atoms with E-state index < -0.39 is 0 Å². The van der Waals surface area contributed by atoms with E-state index in [1.165, 1.54) is 28.6 Å². The molecule has 0 bridgehead atoms. The van der Waals surface area contributed by atoms with E-state index in [-0.39, 0.29) is 0 Å². The van der Waals surface area contributed by atoms with Crippen LogP contribution >= 0.6 is 0 Å². The number of rotatable bonds is 2. The lowest BCUT2D eigenvalue weighted by atomic mass is 10.1. The van der Waals surface area contributed by atoms with Crippen molar-refractivity contribution in [2.45, 2.75) is 34.3 Å². The number of nitrogens with zero attached hydrogens (tertiary/aromatic N) is 2. The summed E-state index contributed by atoms with van der Waals surface area (Å²) in [6.45, 7) is 8.96. The van der Waals surface area contributed by atoms with Crippen molar-refractivity contribution in [2.75, 3.05) is 12.8 Å². The average Bonchev–Trinajstić information content (AvgIpc) is 2.63. The molecule has 0 aliphatic rings. The minimum atomic E-state index is 0.584. The molecule has 1 heterocycles. The zero-order valence-electron chi connectivity index (χ0n) is 16.4. The summed E-state index contributed by atoms with van der Waals surface area (Å²) in [6, 6.07) is 14.3. The van der Waals surface area contributed by atoms with Gasteiger partial charge in [0.15, 0.2) is 0 Å². The maximum atomic E-state index is 5.53. The van der Waals surface area contributed by atoms with Crippen LogP contribution in [0.3, 0.4) is 0 Å². The number of ether oxygens (including phenoxy) is 1. The van der Waals surface area contributed by atoms with Gasteiger partial charge in [0.1, 0.15) is 6.33 Å². The highest BCUT2D eigenvalue weighted by molar-refractivity contribution is 5.43. The second-order valence-corrected chi connectivity index (χ2v) is 6.11. The van der Waals surface area contributed by atoms with Crippen molar-refractivity contribution in [3.8, 4) is 0 Å². The van der Waals surface area contributed by atoms with Gasteiger partial charge in [-0.1, -0.05) is 30.3 Å². The quantitative estimate of drug-likeness (QED) is 0.673. The molecule has 4 nitrogen and oxygen atoms in total. The van der Waals surface area contributed by atoms with E-state index in [4.69, 9.17) is 10.5 Å². The minimum Gasteiger partial charge on any atom is -0.399 e. The topological polar surface area (TPSA) is 61.0 Å². The van der Waals surface area contributed by atoms with Crippen molar-refractivity contribution >= 4 is 5.69 Å². The van der Waals surface area contributed by atoms with E-state index >= 15 is 0 Å². The zero-order valence-corrected chi connectivity index (χ0v) is 16.4. The summed E-state index contributed by atoms with van der Waals surface area (Å²) in [7, 11) is 1.65. The summed E-state index contributed by atoms with van der Waals surface area (Å²) < 4.78 is 4.85. The van der Waals surface area contributed by atoms with Crippen molar-refractivity contribution in [1.82, 2.24) is 9.97 Å². The Morgan fingerprint density at radius 1 is 0.808 bits per heavy atom. The predicted molar refractivity (Wildman–Crippen MR) is 109 cm³/mol. The molecule has 2 aromatic carbocycles. The van der Waals surface area contributed by atoms with Crippen molar-refractivity contribution < 1.29 is 4.74 Å². The van der Waals surface area contributed by atoms with E-state index in [9.17, 15) is 0 Å². The maximum Gasteiger partial charge on any atom is 0.115 e. The van der Waals surface area contributed by atoms with E-state index in [2.05, 4.69) is 61.9 Å². The third-order valence-electron chi connectivity index (χ3n) is 3.88. The summed E-state index contributed by atoms with van der Waals surface area (Å²) in [5, 5.41) is 0. The minimum absolute atomic E-state index is 0.584. The fourth-order valence-corrected chi connectivity index (χ4v) is 2.00. The number of aryl methyl sites for hydroxylation is 4. The van der Waals surface area contributed by atoms with Gasteiger partial charge in [-0.15, -0.1) is 0 Å². The first-order valence-corrected chi connectivity index (χ1v) is 8.51. The molecule has 138 valence electrons. The Balaban J connectivity index is 0.000000195. The molecular formula is C22H29N3O. The van der Waals surface area contributed by atoms with Gasteiger partial charge in [-0.05, 0) is 62.1 Å². The number of hydrogen-bond donors (Lipinski definition) is 1. The average molecular weight is 351 g/mol. The van der Waals surface area contributed by atoms with Crippen LogP contribution in [0.1, 0.15) is 27.8 Å². The normalized spacial score (nSPS) is 9.42. The van der Waals surface area contributed by atoms with Crippen LogP contribution in [-0.2, 0) is 11.3 Å². The molecule has 0 saturated carbocycles. The largest absolute Gasteiger partial charge is 0.399 e. The Labute approximate surface area is 157 Å². The second kappa shape index (κ2) is 11.8. The fraction of sp³-hybridized carbons (Fsp3) is 0.273. The lowest BCUT2D eigenvalue weighted by Crippen LogP contribution is -1.88. The van der Waals surface area contributed by atoms with Gasteiger partial charge in [0.2, 0.25) is 0 Å². The van der Waals surface area contributed by atoms with Crippen molar-refractivity contribution in [3.63, 3.8) is 0 Å². The molecule has 0 unspecified atom stereocenters. The monoisotopic (exact) mass is 351 g/mol.